The molecule has 0 atom stereocenters. The third kappa shape index (κ3) is 4.47. The Morgan fingerprint density at radius 1 is 1.08 bits per heavy atom. The van der Waals surface area contributed by atoms with Gasteiger partial charge in [0.2, 0.25) is 0 Å². The second-order valence-electron chi connectivity index (χ2n) is 6.10. The van der Waals surface area contributed by atoms with E-state index in [0.29, 0.717) is 11.3 Å². The molecule has 1 N–H and O–H groups in total. The number of aryl methyl sites for hydroxylation is 4. The van der Waals surface area contributed by atoms with Crippen LogP contribution < -0.4 is 10.1 Å². The lowest BCUT2D eigenvalue weighted by Gasteiger charge is -2.16. The second-order valence-corrected chi connectivity index (χ2v) is 6.10. The zero-order valence-corrected chi connectivity index (χ0v) is 15.3. The quantitative estimate of drug-likeness (QED) is 0.767. The van der Waals surface area contributed by atoms with Crippen molar-refractivity contribution in [2.45, 2.75) is 40.5 Å². The van der Waals surface area contributed by atoms with Crippen LogP contribution >= 0.6 is 0 Å². The van der Waals surface area contributed by atoms with E-state index < -0.39 is 0 Å². The smallest absolute Gasteiger partial charge is 0.262 e. The van der Waals surface area contributed by atoms with Crippen LogP contribution in [0.15, 0.2) is 30.3 Å². The van der Waals surface area contributed by atoms with E-state index in [-0.39, 0.29) is 12.5 Å². The summed E-state index contributed by atoms with van der Waals surface area (Å²) in [5, 5.41) is 2.99. The third-order valence-corrected chi connectivity index (χ3v) is 4.23. The Bertz CT molecular complexity index is 735. The first-order chi connectivity index (χ1) is 12.0. The van der Waals surface area contributed by atoms with Crippen LogP contribution in [0.25, 0.3) is 0 Å². The van der Waals surface area contributed by atoms with Gasteiger partial charge >= 0.3 is 0 Å². The minimum Gasteiger partial charge on any atom is -0.483 e. The number of amides is 1. The summed E-state index contributed by atoms with van der Waals surface area (Å²) in [7, 11) is 0. The van der Waals surface area contributed by atoms with E-state index in [2.05, 4.69) is 19.2 Å². The van der Waals surface area contributed by atoms with Gasteiger partial charge in [-0.15, -0.1) is 0 Å². The Kier molecular flexibility index (Phi) is 6.34. The number of ether oxygens (including phenoxy) is 1. The highest BCUT2D eigenvalue weighted by Gasteiger charge is 2.12. The summed E-state index contributed by atoms with van der Waals surface area (Å²) in [5.74, 6) is 0.467. The number of carbonyl (C=O) groups is 2. The van der Waals surface area contributed by atoms with Crippen LogP contribution in [0.2, 0.25) is 0 Å². The van der Waals surface area contributed by atoms with E-state index in [1.54, 1.807) is 12.1 Å². The van der Waals surface area contributed by atoms with Gasteiger partial charge in [-0.05, 0) is 61.1 Å². The SMILES string of the molecule is CCc1cccc(CC)c1NC(=O)COc1c(C)cc(C=O)cc1C. The maximum atomic E-state index is 12.4. The maximum Gasteiger partial charge on any atom is 0.262 e. The van der Waals surface area contributed by atoms with Crippen molar-refractivity contribution in [3.8, 4) is 5.75 Å². The minimum atomic E-state index is -0.186. The molecule has 25 heavy (non-hydrogen) atoms. The maximum absolute atomic E-state index is 12.4. The van der Waals surface area contributed by atoms with Crippen LogP contribution in [0.4, 0.5) is 5.69 Å². The molecule has 4 nitrogen and oxygen atoms in total. The van der Waals surface area contributed by atoms with E-state index in [9.17, 15) is 9.59 Å². The van der Waals surface area contributed by atoms with Gasteiger partial charge in [-0.2, -0.15) is 0 Å². The molecule has 0 unspecified atom stereocenters. The molecule has 1 amide bonds. The fraction of sp³-hybridized carbons (Fsp3) is 0.333. The van der Waals surface area contributed by atoms with Crippen LogP contribution in [0.5, 0.6) is 5.75 Å². The highest BCUT2D eigenvalue weighted by Crippen LogP contribution is 2.25. The van der Waals surface area contributed by atoms with Gasteiger partial charge in [0.1, 0.15) is 12.0 Å². The fourth-order valence-corrected chi connectivity index (χ4v) is 3.00. The molecule has 0 aromatic heterocycles. The number of benzene rings is 2. The van der Waals surface area contributed by atoms with Gasteiger partial charge in [0.25, 0.3) is 5.91 Å². The monoisotopic (exact) mass is 339 g/mol. The largest absolute Gasteiger partial charge is 0.483 e. The van der Waals surface area contributed by atoms with Gasteiger partial charge in [-0.1, -0.05) is 32.0 Å². The second kappa shape index (κ2) is 8.47. The molecule has 4 heteroatoms. The van der Waals surface area contributed by atoms with Gasteiger partial charge in [0.15, 0.2) is 6.61 Å². The van der Waals surface area contributed by atoms with Crippen molar-refractivity contribution in [2.75, 3.05) is 11.9 Å². The lowest BCUT2D eigenvalue weighted by Crippen LogP contribution is -2.22. The van der Waals surface area contributed by atoms with Crippen LogP contribution in [-0.2, 0) is 17.6 Å². The van der Waals surface area contributed by atoms with E-state index in [1.165, 1.54) is 0 Å². The number of aldehydes is 1. The predicted octanol–water partition coefficient (Wildman–Crippen LogP) is 4.26. The molecule has 0 aliphatic rings. The number of para-hydroxylation sites is 1. The lowest BCUT2D eigenvalue weighted by atomic mass is 10.0. The Morgan fingerprint density at radius 3 is 2.12 bits per heavy atom. The third-order valence-electron chi connectivity index (χ3n) is 4.23. The minimum absolute atomic E-state index is 0.0662. The van der Waals surface area contributed by atoms with Crippen molar-refractivity contribution < 1.29 is 14.3 Å². The molecule has 132 valence electrons. The van der Waals surface area contributed by atoms with Gasteiger partial charge in [-0.3, -0.25) is 9.59 Å². The molecule has 0 aliphatic heterocycles. The van der Waals surface area contributed by atoms with Crippen molar-refractivity contribution in [2.24, 2.45) is 0 Å². The Hall–Kier alpha value is -2.62. The molecule has 0 saturated carbocycles. The normalized spacial score (nSPS) is 10.4. The molecule has 2 rings (SSSR count). The standard InChI is InChI=1S/C21H25NO3/c1-5-17-8-7-9-18(6-2)20(17)22-19(24)13-25-21-14(3)10-16(12-23)11-15(21)4/h7-12H,5-6,13H2,1-4H3,(H,22,24). The summed E-state index contributed by atoms with van der Waals surface area (Å²) < 4.78 is 5.72. The van der Waals surface area contributed by atoms with Gasteiger partial charge in [-0.25, -0.2) is 0 Å². The van der Waals surface area contributed by atoms with Gasteiger partial charge in [0, 0.05) is 11.3 Å². The lowest BCUT2D eigenvalue weighted by molar-refractivity contribution is -0.118. The van der Waals surface area contributed by atoms with E-state index in [4.69, 9.17) is 4.74 Å². The Labute approximate surface area is 149 Å². The van der Waals surface area contributed by atoms with Crippen LogP contribution in [-0.4, -0.2) is 18.8 Å². The number of nitrogens with one attached hydrogen (secondary N) is 1. The highest BCUT2D eigenvalue weighted by molar-refractivity contribution is 5.93. The van der Waals surface area contributed by atoms with Crippen molar-refractivity contribution in [3.05, 3.63) is 58.1 Å². The van der Waals surface area contributed by atoms with Crippen LogP contribution in [0.1, 0.15) is 46.5 Å². The molecule has 0 fully saturated rings. The Balaban J connectivity index is 2.11. The summed E-state index contributed by atoms with van der Waals surface area (Å²) in [5.41, 5.74) is 5.43. The highest BCUT2D eigenvalue weighted by atomic mass is 16.5. The van der Waals surface area contributed by atoms with E-state index in [1.807, 2.05) is 32.0 Å². The van der Waals surface area contributed by atoms with Crippen molar-refractivity contribution in [1.82, 2.24) is 0 Å². The first kappa shape index (κ1) is 18.7. The van der Waals surface area contributed by atoms with Gasteiger partial charge < -0.3 is 10.1 Å². The topological polar surface area (TPSA) is 55.4 Å². The molecule has 0 saturated heterocycles. The molecule has 0 bridgehead atoms. The van der Waals surface area contributed by atoms with Crippen molar-refractivity contribution in [1.29, 1.82) is 0 Å². The summed E-state index contributed by atoms with van der Waals surface area (Å²) >= 11 is 0. The number of hydrogen-bond donors (Lipinski definition) is 1. The first-order valence-corrected chi connectivity index (χ1v) is 8.59. The summed E-state index contributed by atoms with van der Waals surface area (Å²) in [6.07, 6.45) is 2.52. The van der Waals surface area contributed by atoms with Crippen molar-refractivity contribution >= 4 is 17.9 Å². The summed E-state index contributed by atoms with van der Waals surface area (Å²) in [6, 6.07) is 9.60. The molecule has 0 spiro atoms. The molecule has 0 aliphatic carbocycles. The van der Waals surface area contributed by atoms with Crippen molar-refractivity contribution in [3.63, 3.8) is 0 Å². The number of hydrogen-bond acceptors (Lipinski definition) is 3. The summed E-state index contributed by atoms with van der Waals surface area (Å²) in [4.78, 5) is 23.3. The zero-order chi connectivity index (χ0) is 18.4. The number of anilines is 1. The van der Waals surface area contributed by atoms with Gasteiger partial charge in [0.05, 0.1) is 0 Å². The molecule has 2 aromatic carbocycles. The van der Waals surface area contributed by atoms with E-state index in [0.717, 1.165) is 47.1 Å². The zero-order valence-electron chi connectivity index (χ0n) is 15.3. The molecule has 0 heterocycles. The molecular formula is C21H25NO3. The Morgan fingerprint density at radius 2 is 1.64 bits per heavy atom. The predicted molar refractivity (Wildman–Crippen MR) is 101 cm³/mol. The molecular weight excluding hydrogens is 314 g/mol. The van der Waals surface area contributed by atoms with E-state index >= 15 is 0 Å². The number of rotatable bonds is 7. The molecule has 2 aromatic rings. The first-order valence-electron chi connectivity index (χ1n) is 8.59. The summed E-state index contributed by atoms with van der Waals surface area (Å²) in [6.45, 7) is 7.82. The average Bonchev–Trinajstić information content (AvgIpc) is 2.60. The fourth-order valence-electron chi connectivity index (χ4n) is 3.00. The number of carbonyl (C=O) groups excluding carboxylic acids is 2. The molecule has 0 radical (unpaired) electrons. The van der Waals surface area contributed by atoms with Crippen LogP contribution in [0.3, 0.4) is 0 Å². The van der Waals surface area contributed by atoms with Crippen LogP contribution in [0, 0.1) is 13.8 Å². The average molecular weight is 339 g/mol.